The Hall–Kier alpha value is -4.63. The number of carbonyl (C=O) groups is 2. The third kappa shape index (κ3) is 8.38. The molecular weight excluding hydrogens is 705 g/mol. The highest BCUT2D eigenvalue weighted by Crippen LogP contribution is 2.29. The van der Waals surface area contributed by atoms with Gasteiger partial charge in [-0.15, -0.1) is 29.1 Å². The predicted molar refractivity (Wildman–Crippen MR) is 191 cm³/mol. The summed E-state index contributed by atoms with van der Waals surface area (Å²) in [4.78, 5) is 54.3. The summed E-state index contributed by atoms with van der Waals surface area (Å²) < 4.78 is 44.0. The fourth-order valence-corrected chi connectivity index (χ4v) is 8.23. The summed E-state index contributed by atoms with van der Waals surface area (Å²) in [5, 5.41) is 9.66. The first-order valence-electron chi connectivity index (χ1n) is 16.0. The number of rotatable bonds is 14. The minimum absolute atomic E-state index is 0.0524. The zero-order chi connectivity index (χ0) is 35.8. The van der Waals surface area contributed by atoms with Crippen LogP contribution >= 0.6 is 22.7 Å². The molecule has 1 aliphatic rings. The Bertz CT molecular complexity index is 2030. The second kappa shape index (κ2) is 16.4. The average molecular weight is 743 g/mol. The molecule has 2 N–H and O–H groups in total. The van der Waals surface area contributed by atoms with E-state index in [0.29, 0.717) is 16.4 Å². The molecule has 17 heteroatoms. The number of thiophene rings is 2. The quantitative estimate of drug-likeness (QED) is 0.136. The first kappa shape index (κ1) is 36.6. The Balaban J connectivity index is 1.60. The third-order valence-electron chi connectivity index (χ3n) is 8.10. The monoisotopic (exact) mass is 742 g/mol. The van der Waals surface area contributed by atoms with Gasteiger partial charge in [0.2, 0.25) is 10.0 Å². The largest absolute Gasteiger partial charge is 0.440 e. The predicted octanol–water partition coefficient (Wildman–Crippen LogP) is 4.94. The number of anilines is 2. The summed E-state index contributed by atoms with van der Waals surface area (Å²) in [7, 11) is -4.28. The Morgan fingerprint density at radius 2 is 1.60 bits per heavy atom. The van der Waals surface area contributed by atoms with Crippen molar-refractivity contribution in [2.24, 2.45) is 0 Å². The van der Waals surface area contributed by atoms with Crippen LogP contribution in [0.4, 0.5) is 19.6 Å². The Labute approximate surface area is 297 Å². The second-order valence-corrected chi connectivity index (χ2v) is 15.4. The molecule has 0 bridgehead atoms. The number of aryl methyl sites for hydroxylation is 1. The van der Waals surface area contributed by atoms with Crippen LogP contribution in [-0.4, -0.2) is 64.1 Å². The maximum Gasteiger partial charge on any atom is 0.412 e. The standard InChI is InChI=1S/C33H38N6O8S3/c1-4-6-7-8-18-37-32(42)38-22-26(46-30(40)34-27-11-9-19-48-27)29(47-31(41)35-28-12-10-20-49-28)25(39(38)33(37)43)21-36(17-5-2)50(44,45)24-15-13-23(3)14-16-24/h2,9-16,19-20,25-26,29H,4,6-8,17-18,21-22H2,1,3H3,(H,34,40)(H,35,41)/t25-,26+,29-/m1/s1. The van der Waals surface area contributed by atoms with Gasteiger partial charge in [0.05, 0.1) is 28.0 Å². The number of nitrogens with one attached hydrogen (secondary N) is 2. The highest BCUT2D eigenvalue weighted by Gasteiger charge is 2.46. The molecule has 2 amide bonds. The maximum absolute atomic E-state index is 14.1. The van der Waals surface area contributed by atoms with Gasteiger partial charge >= 0.3 is 23.6 Å². The molecule has 14 nitrogen and oxygen atoms in total. The van der Waals surface area contributed by atoms with Crippen molar-refractivity contribution in [2.45, 2.75) is 75.8 Å². The van der Waals surface area contributed by atoms with Crippen LogP contribution in [0.15, 0.2) is 73.8 Å². The van der Waals surface area contributed by atoms with Crippen LogP contribution in [0.2, 0.25) is 0 Å². The van der Waals surface area contributed by atoms with Crippen LogP contribution in [0.3, 0.4) is 0 Å². The molecule has 1 aliphatic heterocycles. The molecule has 50 heavy (non-hydrogen) atoms. The molecule has 1 aromatic carbocycles. The van der Waals surface area contributed by atoms with Crippen LogP contribution in [0.5, 0.6) is 0 Å². The topological polar surface area (TPSA) is 163 Å². The fraction of sp³-hybridized carbons (Fsp3) is 0.394. The van der Waals surface area contributed by atoms with Gasteiger partial charge < -0.3 is 9.47 Å². The first-order valence-corrected chi connectivity index (χ1v) is 19.2. The van der Waals surface area contributed by atoms with Crippen LogP contribution in [-0.2, 0) is 32.6 Å². The normalized spacial score (nSPS) is 17.1. The lowest BCUT2D eigenvalue weighted by atomic mass is 10.0. The molecule has 0 saturated heterocycles. The fourth-order valence-electron chi connectivity index (χ4n) is 5.65. The van der Waals surface area contributed by atoms with E-state index in [4.69, 9.17) is 15.9 Å². The maximum atomic E-state index is 14.1. The van der Waals surface area contributed by atoms with Crippen molar-refractivity contribution < 1.29 is 27.5 Å². The van der Waals surface area contributed by atoms with E-state index in [1.54, 1.807) is 47.2 Å². The van der Waals surface area contributed by atoms with Crippen molar-refractivity contribution in [1.29, 1.82) is 0 Å². The summed E-state index contributed by atoms with van der Waals surface area (Å²) >= 11 is 2.48. The summed E-state index contributed by atoms with van der Waals surface area (Å²) in [5.74, 6) is 2.37. The lowest BCUT2D eigenvalue weighted by Crippen LogP contribution is -2.57. The SMILES string of the molecule is C#CCN(C[C@@H]1[C@@H](OC(=O)Nc2cccs2)[C@@H](OC(=O)Nc2cccs2)Cn2c(=O)n(CCCCCC)c(=O)n21)S(=O)(=O)c1ccc(C)cc1. The van der Waals surface area contributed by atoms with Gasteiger partial charge in [-0.05, 0) is 60.5 Å². The summed E-state index contributed by atoms with van der Waals surface area (Å²) in [5.41, 5.74) is -0.560. The number of nitrogens with zero attached hydrogens (tertiary/aromatic N) is 4. The van der Waals surface area contributed by atoms with Gasteiger partial charge in [-0.1, -0.05) is 49.8 Å². The van der Waals surface area contributed by atoms with Crippen LogP contribution < -0.4 is 22.0 Å². The van der Waals surface area contributed by atoms with Gasteiger partial charge in [-0.2, -0.15) is 4.31 Å². The van der Waals surface area contributed by atoms with Crippen LogP contribution in [0, 0.1) is 19.3 Å². The van der Waals surface area contributed by atoms with Crippen molar-refractivity contribution in [3.8, 4) is 12.3 Å². The minimum atomic E-state index is -4.28. The lowest BCUT2D eigenvalue weighted by Gasteiger charge is -2.39. The van der Waals surface area contributed by atoms with E-state index in [9.17, 15) is 27.6 Å². The second-order valence-electron chi connectivity index (χ2n) is 11.6. The van der Waals surface area contributed by atoms with Crippen molar-refractivity contribution in [1.82, 2.24) is 18.2 Å². The van der Waals surface area contributed by atoms with E-state index in [2.05, 4.69) is 16.6 Å². The van der Waals surface area contributed by atoms with Crippen molar-refractivity contribution in [3.05, 3.63) is 85.8 Å². The smallest absolute Gasteiger partial charge is 0.412 e. The van der Waals surface area contributed by atoms with Gasteiger partial charge in [0.25, 0.3) is 0 Å². The number of carbonyl (C=O) groups excluding carboxylic acids is 2. The van der Waals surface area contributed by atoms with Crippen LogP contribution in [0.25, 0.3) is 0 Å². The number of ether oxygens (including phenoxy) is 2. The number of aromatic nitrogens is 3. The molecular formula is C33H38N6O8S3. The van der Waals surface area contributed by atoms with E-state index in [0.717, 1.165) is 43.1 Å². The molecule has 4 heterocycles. The molecule has 266 valence electrons. The molecule has 0 spiro atoms. The number of terminal acetylenes is 1. The minimum Gasteiger partial charge on any atom is -0.440 e. The molecule has 0 unspecified atom stereocenters. The zero-order valence-electron chi connectivity index (χ0n) is 27.5. The Morgan fingerprint density at radius 3 is 2.18 bits per heavy atom. The molecule has 0 fully saturated rings. The number of amides is 2. The molecule has 0 aliphatic carbocycles. The van der Waals surface area contributed by atoms with Gasteiger partial charge in [-0.25, -0.2) is 41.5 Å². The number of sulfonamides is 1. The van der Waals surface area contributed by atoms with E-state index < -0.39 is 64.9 Å². The third-order valence-corrected chi connectivity index (χ3v) is 11.5. The number of hydrogen-bond acceptors (Lipinski definition) is 10. The van der Waals surface area contributed by atoms with Crippen molar-refractivity contribution >= 4 is 54.9 Å². The molecule has 5 rings (SSSR count). The molecule has 0 radical (unpaired) electrons. The molecule has 3 atom stereocenters. The van der Waals surface area contributed by atoms with Crippen molar-refractivity contribution in [3.63, 3.8) is 0 Å². The summed E-state index contributed by atoms with van der Waals surface area (Å²) in [6.45, 7) is 2.68. The molecule has 4 aromatic rings. The Morgan fingerprint density at radius 1 is 0.960 bits per heavy atom. The van der Waals surface area contributed by atoms with Crippen molar-refractivity contribution in [2.75, 3.05) is 23.7 Å². The summed E-state index contributed by atoms with van der Waals surface area (Å²) in [6, 6.07) is 11.6. The highest BCUT2D eigenvalue weighted by atomic mass is 32.2. The summed E-state index contributed by atoms with van der Waals surface area (Å²) in [6.07, 6.45) is 4.22. The van der Waals surface area contributed by atoms with E-state index >= 15 is 0 Å². The number of unbranched alkanes of at least 4 members (excludes halogenated alkanes) is 3. The number of hydrogen-bond donors (Lipinski definition) is 2. The zero-order valence-corrected chi connectivity index (χ0v) is 30.0. The Kier molecular flexibility index (Phi) is 12.0. The van der Waals surface area contributed by atoms with E-state index in [1.165, 1.54) is 34.8 Å². The highest BCUT2D eigenvalue weighted by molar-refractivity contribution is 7.89. The van der Waals surface area contributed by atoms with Gasteiger partial charge in [0, 0.05) is 13.1 Å². The number of benzene rings is 1. The first-order chi connectivity index (χ1) is 24.0. The average Bonchev–Trinajstić information content (AvgIpc) is 3.84. The van der Waals surface area contributed by atoms with Crippen LogP contribution in [0.1, 0.15) is 44.2 Å². The van der Waals surface area contributed by atoms with Gasteiger partial charge in [0.15, 0.2) is 12.2 Å². The van der Waals surface area contributed by atoms with E-state index in [1.807, 2.05) is 13.8 Å². The lowest BCUT2D eigenvalue weighted by molar-refractivity contribution is -0.0655. The number of fused-ring (bicyclic) bond motifs is 1. The van der Waals surface area contributed by atoms with Gasteiger partial charge in [0.1, 0.15) is 6.04 Å². The molecule has 0 saturated carbocycles. The molecule has 3 aromatic heterocycles. The van der Waals surface area contributed by atoms with Gasteiger partial charge in [-0.3, -0.25) is 10.6 Å². The van der Waals surface area contributed by atoms with E-state index in [-0.39, 0.29) is 18.0 Å².